The molecule has 1 aromatic carbocycles. The van der Waals surface area contributed by atoms with E-state index in [0.717, 1.165) is 0 Å². The van der Waals surface area contributed by atoms with Crippen molar-refractivity contribution in [3.8, 4) is 0 Å². The minimum atomic E-state index is -0.406. The highest BCUT2D eigenvalue weighted by Crippen LogP contribution is 2.69. The standard InChI is InChI=1S/C16H19NO3/c1-15(2)13(16(15,3)4)12(18)9-6-7-10-11(8-9)20-14(19)17(10)5/h6-8,13H,1-5H3. The fourth-order valence-electron chi connectivity index (χ4n) is 3.31. The third-order valence-corrected chi connectivity index (χ3v) is 5.36. The predicted octanol–water partition coefficient (Wildman–Crippen LogP) is 3.00. The monoisotopic (exact) mass is 273 g/mol. The zero-order chi connectivity index (χ0) is 14.9. The maximum atomic E-state index is 12.6. The first kappa shape index (κ1) is 13.2. The Hall–Kier alpha value is -1.84. The molecule has 20 heavy (non-hydrogen) atoms. The third kappa shape index (κ3) is 1.48. The Morgan fingerprint density at radius 3 is 2.35 bits per heavy atom. The van der Waals surface area contributed by atoms with Gasteiger partial charge in [0.25, 0.3) is 0 Å². The van der Waals surface area contributed by atoms with Crippen molar-refractivity contribution in [1.82, 2.24) is 4.57 Å². The molecule has 1 heterocycles. The van der Waals surface area contributed by atoms with Crippen molar-refractivity contribution in [3.63, 3.8) is 0 Å². The number of Topliss-reactive ketones (excluding diaryl/α,β-unsaturated/α-hetero) is 1. The highest BCUT2D eigenvalue weighted by molar-refractivity contribution is 6.03. The number of nitrogens with zero attached hydrogens (tertiary/aromatic N) is 1. The Kier molecular flexibility index (Phi) is 2.38. The average molecular weight is 273 g/mol. The molecule has 0 saturated heterocycles. The zero-order valence-corrected chi connectivity index (χ0v) is 12.5. The summed E-state index contributed by atoms with van der Waals surface area (Å²) in [6.45, 7) is 8.49. The van der Waals surface area contributed by atoms with E-state index in [-0.39, 0.29) is 22.5 Å². The minimum absolute atomic E-state index is 0.0105. The third-order valence-electron chi connectivity index (χ3n) is 5.36. The summed E-state index contributed by atoms with van der Waals surface area (Å²) < 4.78 is 6.59. The van der Waals surface area contributed by atoms with E-state index in [4.69, 9.17) is 4.42 Å². The van der Waals surface area contributed by atoms with Gasteiger partial charge in [-0.1, -0.05) is 27.7 Å². The van der Waals surface area contributed by atoms with Crippen LogP contribution in [-0.2, 0) is 7.05 Å². The van der Waals surface area contributed by atoms with Crippen LogP contribution in [0.4, 0.5) is 0 Å². The topological polar surface area (TPSA) is 52.2 Å². The number of aromatic nitrogens is 1. The Balaban J connectivity index is 2.04. The first-order chi connectivity index (χ1) is 9.18. The Morgan fingerprint density at radius 2 is 1.80 bits per heavy atom. The van der Waals surface area contributed by atoms with Crippen LogP contribution in [0.3, 0.4) is 0 Å². The summed E-state index contributed by atoms with van der Waals surface area (Å²) in [4.78, 5) is 24.1. The number of hydrogen-bond donors (Lipinski definition) is 0. The van der Waals surface area contributed by atoms with Crippen molar-refractivity contribution < 1.29 is 9.21 Å². The van der Waals surface area contributed by atoms with E-state index in [1.807, 2.05) is 0 Å². The summed E-state index contributed by atoms with van der Waals surface area (Å²) in [6, 6.07) is 5.24. The molecule has 3 rings (SSSR count). The molecule has 1 aliphatic rings. The molecule has 0 bridgehead atoms. The molecule has 2 aromatic rings. The van der Waals surface area contributed by atoms with E-state index in [1.54, 1.807) is 25.2 Å². The summed E-state index contributed by atoms with van der Waals surface area (Å²) in [7, 11) is 1.66. The van der Waals surface area contributed by atoms with Crippen LogP contribution < -0.4 is 5.76 Å². The molecule has 1 saturated carbocycles. The first-order valence-electron chi connectivity index (χ1n) is 6.81. The van der Waals surface area contributed by atoms with E-state index in [9.17, 15) is 9.59 Å². The van der Waals surface area contributed by atoms with Crippen molar-refractivity contribution in [2.45, 2.75) is 27.7 Å². The Morgan fingerprint density at radius 1 is 1.20 bits per heavy atom. The molecule has 106 valence electrons. The summed E-state index contributed by atoms with van der Waals surface area (Å²) in [5.41, 5.74) is 1.82. The lowest BCUT2D eigenvalue weighted by atomic mass is 10.0. The first-order valence-corrected chi connectivity index (χ1v) is 6.81. The van der Waals surface area contributed by atoms with Crippen LogP contribution in [0.1, 0.15) is 38.1 Å². The molecule has 0 amide bonds. The largest absolute Gasteiger partial charge is 0.419 e. The van der Waals surface area contributed by atoms with E-state index in [0.29, 0.717) is 16.7 Å². The average Bonchev–Trinajstić information content (AvgIpc) is 2.61. The van der Waals surface area contributed by atoms with Gasteiger partial charge in [-0.2, -0.15) is 0 Å². The Bertz CT molecular complexity index is 763. The van der Waals surface area contributed by atoms with Gasteiger partial charge in [0, 0.05) is 18.5 Å². The molecule has 0 N–H and O–H groups in total. The lowest BCUT2D eigenvalue weighted by Gasteiger charge is -2.03. The Labute approximate surface area is 117 Å². The molecular weight excluding hydrogens is 254 g/mol. The van der Waals surface area contributed by atoms with Gasteiger partial charge in [0.2, 0.25) is 0 Å². The number of ketones is 1. The van der Waals surface area contributed by atoms with Crippen molar-refractivity contribution in [2.24, 2.45) is 23.8 Å². The highest BCUT2D eigenvalue weighted by Gasteiger charge is 2.67. The molecule has 1 fully saturated rings. The van der Waals surface area contributed by atoms with Crippen molar-refractivity contribution >= 4 is 16.9 Å². The lowest BCUT2D eigenvalue weighted by Crippen LogP contribution is -2.08. The molecule has 0 aliphatic heterocycles. The normalized spacial score (nSPS) is 20.2. The second-order valence-electron chi connectivity index (χ2n) is 6.85. The van der Waals surface area contributed by atoms with E-state index < -0.39 is 5.76 Å². The number of fused-ring (bicyclic) bond motifs is 1. The molecule has 0 spiro atoms. The van der Waals surface area contributed by atoms with Crippen molar-refractivity contribution in [3.05, 3.63) is 34.3 Å². The van der Waals surface area contributed by atoms with Crippen molar-refractivity contribution in [2.75, 3.05) is 0 Å². The maximum absolute atomic E-state index is 12.6. The SMILES string of the molecule is Cn1c(=O)oc2cc(C(=O)C3C(C)(C)C3(C)C)ccc21. The molecule has 0 atom stereocenters. The fourth-order valence-corrected chi connectivity index (χ4v) is 3.31. The zero-order valence-electron chi connectivity index (χ0n) is 12.5. The number of aryl methyl sites for hydroxylation is 1. The minimum Gasteiger partial charge on any atom is -0.408 e. The predicted molar refractivity (Wildman–Crippen MR) is 76.8 cm³/mol. The molecular formula is C16H19NO3. The van der Waals surface area contributed by atoms with Gasteiger partial charge in [-0.25, -0.2) is 4.79 Å². The quantitative estimate of drug-likeness (QED) is 0.790. The van der Waals surface area contributed by atoms with Crippen LogP contribution in [0, 0.1) is 16.7 Å². The second kappa shape index (κ2) is 3.62. The molecule has 0 unspecified atom stereocenters. The number of oxazole rings is 1. The smallest absolute Gasteiger partial charge is 0.408 e. The van der Waals surface area contributed by atoms with Gasteiger partial charge in [0.15, 0.2) is 11.4 Å². The van der Waals surface area contributed by atoms with Gasteiger partial charge < -0.3 is 4.42 Å². The summed E-state index contributed by atoms with van der Waals surface area (Å²) in [5.74, 6) is -0.257. The van der Waals surface area contributed by atoms with Gasteiger partial charge in [0.05, 0.1) is 5.52 Å². The number of carbonyl (C=O) groups excluding carboxylic acids is 1. The molecule has 4 nitrogen and oxygen atoms in total. The molecule has 1 aliphatic carbocycles. The van der Waals surface area contributed by atoms with Crippen LogP contribution in [0.2, 0.25) is 0 Å². The van der Waals surface area contributed by atoms with Crippen LogP contribution in [0.5, 0.6) is 0 Å². The van der Waals surface area contributed by atoms with Gasteiger partial charge in [-0.3, -0.25) is 9.36 Å². The van der Waals surface area contributed by atoms with Gasteiger partial charge in [-0.15, -0.1) is 0 Å². The van der Waals surface area contributed by atoms with Crippen LogP contribution in [0.15, 0.2) is 27.4 Å². The number of benzene rings is 1. The summed E-state index contributed by atoms with van der Waals surface area (Å²) >= 11 is 0. The lowest BCUT2D eigenvalue weighted by molar-refractivity contribution is 0.0945. The van der Waals surface area contributed by atoms with E-state index >= 15 is 0 Å². The highest BCUT2D eigenvalue weighted by atomic mass is 16.4. The number of hydrogen-bond acceptors (Lipinski definition) is 3. The maximum Gasteiger partial charge on any atom is 0.419 e. The van der Waals surface area contributed by atoms with Crippen molar-refractivity contribution in [1.29, 1.82) is 0 Å². The summed E-state index contributed by atoms with van der Waals surface area (Å²) in [6.07, 6.45) is 0. The summed E-state index contributed by atoms with van der Waals surface area (Å²) in [5, 5.41) is 0. The van der Waals surface area contributed by atoms with Gasteiger partial charge in [0.1, 0.15) is 0 Å². The van der Waals surface area contributed by atoms with Crippen LogP contribution >= 0.6 is 0 Å². The second-order valence-corrected chi connectivity index (χ2v) is 6.85. The van der Waals surface area contributed by atoms with Crippen LogP contribution in [-0.4, -0.2) is 10.4 Å². The molecule has 0 radical (unpaired) electrons. The van der Waals surface area contributed by atoms with Gasteiger partial charge >= 0.3 is 5.76 Å². The number of rotatable bonds is 2. The molecule has 1 aromatic heterocycles. The number of carbonyl (C=O) groups is 1. The fraction of sp³-hybridized carbons (Fsp3) is 0.500. The van der Waals surface area contributed by atoms with E-state index in [1.165, 1.54) is 4.57 Å². The molecule has 4 heteroatoms. The van der Waals surface area contributed by atoms with E-state index in [2.05, 4.69) is 27.7 Å². The van der Waals surface area contributed by atoms with Crippen LogP contribution in [0.25, 0.3) is 11.1 Å². The van der Waals surface area contributed by atoms with Gasteiger partial charge in [-0.05, 0) is 29.0 Å².